The van der Waals surface area contributed by atoms with E-state index in [9.17, 15) is 4.79 Å². The van der Waals surface area contributed by atoms with Crippen molar-refractivity contribution < 1.29 is 9.53 Å². The number of amides is 1. The second-order valence-electron chi connectivity index (χ2n) is 4.10. The maximum absolute atomic E-state index is 11.6. The average molecular weight is 255 g/mol. The molecule has 0 spiro atoms. The van der Waals surface area contributed by atoms with Gasteiger partial charge < -0.3 is 15.8 Å². The lowest BCUT2D eigenvalue weighted by molar-refractivity contribution is 0.0581. The minimum atomic E-state index is -0.187. The normalized spacial score (nSPS) is 16.2. The number of hydrogen-bond acceptors (Lipinski definition) is 5. The molecule has 0 bridgehead atoms. The number of rotatable bonds is 5. The molecule has 1 amide bonds. The van der Waals surface area contributed by atoms with Gasteiger partial charge in [-0.25, -0.2) is 4.98 Å². The van der Waals surface area contributed by atoms with Crippen LogP contribution in [0.4, 0.5) is 5.13 Å². The lowest BCUT2D eigenvalue weighted by Gasteiger charge is -2.10. The van der Waals surface area contributed by atoms with Gasteiger partial charge in [0.25, 0.3) is 5.91 Å². The second-order valence-corrected chi connectivity index (χ2v) is 4.99. The zero-order valence-electron chi connectivity index (χ0n) is 9.65. The Morgan fingerprint density at radius 1 is 1.59 bits per heavy atom. The third kappa shape index (κ3) is 3.67. The van der Waals surface area contributed by atoms with Crippen LogP contribution in [0.5, 0.6) is 0 Å². The van der Waals surface area contributed by atoms with Gasteiger partial charge in [-0.3, -0.25) is 4.79 Å². The van der Waals surface area contributed by atoms with Crippen LogP contribution >= 0.6 is 11.3 Å². The lowest BCUT2D eigenvalue weighted by Crippen LogP contribution is -2.28. The minimum Gasteiger partial charge on any atom is -0.376 e. The van der Waals surface area contributed by atoms with Crippen molar-refractivity contribution in [3.63, 3.8) is 0 Å². The maximum Gasteiger partial charge on any atom is 0.270 e. The van der Waals surface area contributed by atoms with E-state index >= 15 is 0 Å². The number of ether oxygens (including phenoxy) is 1. The highest BCUT2D eigenvalue weighted by Crippen LogP contribution is 2.20. The molecule has 0 saturated heterocycles. The number of hydrogen-bond donors (Lipinski definition) is 2. The molecule has 1 heterocycles. The molecule has 0 aromatic carbocycles. The summed E-state index contributed by atoms with van der Waals surface area (Å²) in [5.74, 6) is -0.187. The average Bonchev–Trinajstić information content (AvgIpc) is 2.95. The van der Waals surface area contributed by atoms with Crippen LogP contribution in [0.2, 0.25) is 0 Å². The number of nitrogen functional groups attached to an aromatic ring is 1. The molecule has 1 aliphatic carbocycles. The van der Waals surface area contributed by atoms with E-state index in [-0.39, 0.29) is 5.91 Å². The fourth-order valence-corrected chi connectivity index (χ4v) is 2.47. The topological polar surface area (TPSA) is 77.2 Å². The van der Waals surface area contributed by atoms with Crippen LogP contribution < -0.4 is 11.1 Å². The van der Waals surface area contributed by atoms with Crippen LogP contribution in [0.15, 0.2) is 5.38 Å². The van der Waals surface area contributed by atoms with Gasteiger partial charge in [-0.1, -0.05) is 12.8 Å². The van der Waals surface area contributed by atoms with Gasteiger partial charge in [-0.2, -0.15) is 0 Å². The van der Waals surface area contributed by atoms with Crippen molar-refractivity contribution in [3.8, 4) is 0 Å². The van der Waals surface area contributed by atoms with Crippen molar-refractivity contribution >= 4 is 22.4 Å². The van der Waals surface area contributed by atoms with Crippen LogP contribution in [0.3, 0.4) is 0 Å². The summed E-state index contributed by atoms with van der Waals surface area (Å²) in [7, 11) is 0. The van der Waals surface area contributed by atoms with E-state index in [2.05, 4.69) is 10.3 Å². The van der Waals surface area contributed by atoms with Gasteiger partial charge in [0.1, 0.15) is 5.69 Å². The molecule has 1 fully saturated rings. The molecule has 3 N–H and O–H groups in total. The van der Waals surface area contributed by atoms with E-state index in [1.807, 2.05) is 0 Å². The molecule has 0 aliphatic heterocycles. The summed E-state index contributed by atoms with van der Waals surface area (Å²) in [6.07, 6.45) is 5.21. The monoisotopic (exact) mass is 255 g/mol. The standard InChI is InChI=1S/C11H17N3O2S/c12-11-14-9(7-17-11)10(15)13-5-6-16-8-3-1-2-4-8/h7-8H,1-6H2,(H2,12,14)(H,13,15). The van der Waals surface area contributed by atoms with Crippen molar-refractivity contribution in [1.29, 1.82) is 0 Å². The Morgan fingerprint density at radius 2 is 2.35 bits per heavy atom. The maximum atomic E-state index is 11.6. The van der Waals surface area contributed by atoms with Crippen molar-refractivity contribution in [2.24, 2.45) is 0 Å². The first kappa shape index (κ1) is 12.3. The van der Waals surface area contributed by atoms with Crippen LogP contribution in [0, 0.1) is 0 Å². The Balaban J connectivity index is 1.63. The van der Waals surface area contributed by atoms with Gasteiger partial charge in [0, 0.05) is 11.9 Å². The molecule has 1 saturated carbocycles. The zero-order valence-corrected chi connectivity index (χ0v) is 10.5. The SMILES string of the molecule is Nc1nc(C(=O)NCCOC2CCCC2)cs1. The number of anilines is 1. The number of nitrogens with two attached hydrogens (primary N) is 1. The first-order chi connectivity index (χ1) is 8.25. The van der Waals surface area contributed by atoms with E-state index in [0.717, 1.165) is 12.8 Å². The molecule has 0 unspecified atom stereocenters. The highest BCUT2D eigenvalue weighted by atomic mass is 32.1. The molecule has 17 heavy (non-hydrogen) atoms. The fourth-order valence-electron chi connectivity index (χ4n) is 1.93. The van der Waals surface area contributed by atoms with E-state index in [0.29, 0.717) is 30.1 Å². The first-order valence-electron chi connectivity index (χ1n) is 5.86. The Kier molecular flexibility index (Phi) is 4.33. The molecule has 2 rings (SSSR count). The third-order valence-corrected chi connectivity index (χ3v) is 3.47. The summed E-state index contributed by atoms with van der Waals surface area (Å²) in [4.78, 5) is 15.5. The van der Waals surface area contributed by atoms with Crippen molar-refractivity contribution in [1.82, 2.24) is 10.3 Å². The molecule has 5 nitrogen and oxygen atoms in total. The number of nitrogens with zero attached hydrogens (tertiary/aromatic N) is 1. The number of aromatic nitrogens is 1. The molecule has 1 aromatic rings. The lowest BCUT2D eigenvalue weighted by atomic mass is 10.3. The van der Waals surface area contributed by atoms with Gasteiger partial charge in [-0.05, 0) is 12.8 Å². The van der Waals surface area contributed by atoms with Crippen molar-refractivity contribution in [2.75, 3.05) is 18.9 Å². The van der Waals surface area contributed by atoms with E-state index in [4.69, 9.17) is 10.5 Å². The molecule has 94 valence electrons. The molecule has 0 radical (unpaired) electrons. The van der Waals surface area contributed by atoms with Crippen LogP contribution in [-0.2, 0) is 4.74 Å². The van der Waals surface area contributed by atoms with Gasteiger partial charge in [0.2, 0.25) is 0 Å². The molecule has 0 atom stereocenters. The largest absolute Gasteiger partial charge is 0.376 e. The Labute approximate surface area is 104 Å². The second kappa shape index (κ2) is 5.97. The molecule has 6 heteroatoms. The summed E-state index contributed by atoms with van der Waals surface area (Å²) in [5, 5.41) is 4.83. The van der Waals surface area contributed by atoms with Crippen LogP contribution in [0.1, 0.15) is 36.2 Å². The number of nitrogens with one attached hydrogen (secondary N) is 1. The highest BCUT2D eigenvalue weighted by Gasteiger charge is 2.15. The first-order valence-corrected chi connectivity index (χ1v) is 6.74. The van der Waals surface area contributed by atoms with Gasteiger partial charge >= 0.3 is 0 Å². The van der Waals surface area contributed by atoms with Crippen LogP contribution in [0.25, 0.3) is 0 Å². The van der Waals surface area contributed by atoms with Gasteiger partial charge in [0.15, 0.2) is 5.13 Å². The highest BCUT2D eigenvalue weighted by molar-refractivity contribution is 7.13. The van der Waals surface area contributed by atoms with E-state index in [1.165, 1.54) is 24.2 Å². The summed E-state index contributed by atoms with van der Waals surface area (Å²) in [6.45, 7) is 1.09. The smallest absolute Gasteiger partial charge is 0.270 e. The number of carbonyl (C=O) groups excluding carboxylic acids is 1. The van der Waals surface area contributed by atoms with Crippen molar-refractivity contribution in [2.45, 2.75) is 31.8 Å². The molecular weight excluding hydrogens is 238 g/mol. The molecule has 1 aromatic heterocycles. The predicted octanol–water partition coefficient (Wildman–Crippen LogP) is 1.41. The van der Waals surface area contributed by atoms with Gasteiger partial charge in [-0.15, -0.1) is 11.3 Å². The zero-order chi connectivity index (χ0) is 12.1. The van der Waals surface area contributed by atoms with E-state index in [1.54, 1.807) is 5.38 Å². The minimum absolute atomic E-state index is 0.187. The Morgan fingerprint density at radius 3 is 3.00 bits per heavy atom. The summed E-state index contributed by atoms with van der Waals surface area (Å²) in [5.41, 5.74) is 5.84. The van der Waals surface area contributed by atoms with Crippen LogP contribution in [-0.4, -0.2) is 30.1 Å². The molecule has 1 aliphatic rings. The van der Waals surface area contributed by atoms with E-state index < -0.39 is 0 Å². The summed E-state index contributed by atoms with van der Waals surface area (Å²) in [6, 6.07) is 0. The molecular formula is C11H17N3O2S. The number of carbonyl (C=O) groups is 1. The van der Waals surface area contributed by atoms with Gasteiger partial charge in [0.05, 0.1) is 12.7 Å². The Bertz CT molecular complexity index is 375. The van der Waals surface area contributed by atoms with Crippen molar-refractivity contribution in [3.05, 3.63) is 11.1 Å². The quantitative estimate of drug-likeness (QED) is 0.780. The number of thiazole rings is 1. The predicted molar refractivity (Wildman–Crippen MR) is 67.1 cm³/mol. The fraction of sp³-hybridized carbons (Fsp3) is 0.636. The Hall–Kier alpha value is -1.14. The third-order valence-electron chi connectivity index (χ3n) is 2.80. The summed E-state index contributed by atoms with van der Waals surface area (Å²) >= 11 is 1.27. The summed E-state index contributed by atoms with van der Waals surface area (Å²) < 4.78 is 5.64.